The van der Waals surface area contributed by atoms with E-state index < -0.39 is 17.3 Å². The number of hydrogen-bond donors (Lipinski definition) is 0. The molecule has 1 aromatic carbocycles. The molecule has 0 aliphatic carbocycles. The lowest BCUT2D eigenvalue weighted by Gasteiger charge is -2.07. The van der Waals surface area contributed by atoms with Crippen molar-refractivity contribution in [3.05, 3.63) is 62.8 Å². The minimum absolute atomic E-state index is 0.150. The number of halogens is 1. The number of ether oxygens (including phenoxy) is 1. The number of fused-ring (bicyclic) bond motifs is 1. The van der Waals surface area contributed by atoms with Crippen LogP contribution in [-0.4, -0.2) is 27.9 Å². The fourth-order valence-corrected chi connectivity index (χ4v) is 3.55. The van der Waals surface area contributed by atoms with Gasteiger partial charge in [0.1, 0.15) is 10.6 Å². The number of Topliss-reactive ketones (excluding diaryl/α,β-unsaturated/α-hetero) is 1. The first-order valence-corrected chi connectivity index (χ1v) is 9.73. The number of carbonyl (C=O) groups excluding carboxylic acids is 2. The van der Waals surface area contributed by atoms with Crippen LogP contribution >= 0.6 is 11.3 Å². The highest BCUT2D eigenvalue weighted by atomic mass is 32.1. The largest absolute Gasteiger partial charge is 0.462 e. The number of ketones is 1. The highest BCUT2D eigenvalue weighted by Crippen LogP contribution is 2.22. The van der Waals surface area contributed by atoms with Crippen LogP contribution in [0.2, 0.25) is 0 Å². The molecule has 6 nitrogen and oxygen atoms in total. The maximum Gasteiger partial charge on any atom is 0.339 e. The summed E-state index contributed by atoms with van der Waals surface area (Å²) < 4.78 is 19.7. The Balaban J connectivity index is 1.90. The Hall–Kier alpha value is -2.87. The van der Waals surface area contributed by atoms with E-state index in [1.165, 1.54) is 35.9 Å². The molecule has 0 aliphatic heterocycles. The van der Waals surface area contributed by atoms with Crippen molar-refractivity contribution in [2.45, 2.75) is 33.2 Å². The normalized spacial score (nSPS) is 11.0. The molecule has 0 atom stereocenters. The third-order valence-corrected chi connectivity index (χ3v) is 5.19. The van der Waals surface area contributed by atoms with E-state index in [1.54, 1.807) is 12.3 Å². The van der Waals surface area contributed by atoms with Crippen LogP contribution in [0.4, 0.5) is 4.39 Å². The van der Waals surface area contributed by atoms with E-state index in [-0.39, 0.29) is 29.9 Å². The van der Waals surface area contributed by atoms with Crippen LogP contribution in [0.25, 0.3) is 10.2 Å². The minimum Gasteiger partial charge on any atom is -0.462 e. The second-order valence-corrected chi connectivity index (χ2v) is 7.24. The fraction of sp³-hybridized carbons (Fsp3) is 0.300. The van der Waals surface area contributed by atoms with Gasteiger partial charge in [0.15, 0.2) is 5.78 Å². The van der Waals surface area contributed by atoms with Crippen molar-refractivity contribution in [3.8, 4) is 0 Å². The molecule has 28 heavy (non-hydrogen) atoms. The number of hydrogen-bond acceptors (Lipinski definition) is 6. The number of esters is 1. The van der Waals surface area contributed by atoms with Gasteiger partial charge < -0.3 is 4.74 Å². The molecule has 0 bridgehead atoms. The zero-order valence-electron chi connectivity index (χ0n) is 15.5. The van der Waals surface area contributed by atoms with E-state index in [0.29, 0.717) is 16.0 Å². The van der Waals surface area contributed by atoms with Gasteiger partial charge in [-0.05, 0) is 37.1 Å². The summed E-state index contributed by atoms with van der Waals surface area (Å²) in [6, 6.07) is 4.04. The molecule has 0 unspecified atom stereocenters. The van der Waals surface area contributed by atoms with Crippen LogP contribution in [0.1, 0.15) is 46.0 Å². The van der Waals surface area contributed by atoms with E-state index in [4.69, 9.17) is 4.74 Å². The van der Waals surface area contributed by atoms with E-state index in [9.17, 15) is 18.8 Å². The van der Waals surface area contributed by atoms with Crippen LogP contribution in [0.15, 0.2) is 34.7 Å². The third-order valence-electron chi connectivity index (χ3n) is 4.31. The average Bonchev–Trinajstić information content (AvgIpc) is 3.11. The summed E-state index contributed by atoms with van der Waals surface area (Å²) in [5.41, 5.74) is 0.325. The molecule has 0 N–H and O–H groups in total. The predicted octanol–water partition coefficient (Wildman–Crippen LogP) is 3.75. The Labute approximate surface area is 164 Å². The Morgan fingerprint density at radius 2 is 2.11 bits per heavy atom. The first-order valence-electron chi connectivity index (χ1n) is 8.85. The maximum absolute atomic E-state index is 13.4. The van der Waals surface area contributed by atoms with E-state index >= 15 is 0 Å². The van der Waals surface area contributed by atoms with Crippen LogP contribution in [0, 0.1) is 12.7 Å². The average molecular weight is 402 g/mol. The topological polar surface area (TPSA) is 78.3 Å². The molecule has 0 saturated heterocycles. The SMILES string of the molecule is CCCCOC(=O)c1csc2ncn(CC(=O)c3ccc(F)c(C)c3)c(=O)c12. The monoisotopic (exact) mass is 402 g/mol. The van der Waals surface area contributed by atoms with Crippen LogP contribution < -0.4 is 5.56 Å². The lowest BCUT2D eigenvalue weighted by atomic mass is 10.1. The van der Waals surface area contributed by atoms with Gasteiger partial charge in [0.2, 0.25) is 0 Å². The van der Waals surface area contributed by atoms with Crippen molar-refractivity contribution in [3.63, 3.8) is 0 Å². The van der Waals surface area contributed by atoms with Gasteiger partial charge in [-0.3, -0.25) is 14.2 Å². The smallest absolute Gasteiger partial charge is 0.339 e. The van der Waals surface area contributed by atoms with E-state index in [1.807, 2.05) is 6.92 Å². The zero-order valence-corrected chi connectivity index (χ0v) is 16.3. The fourth-order valence-electron chi connectivity index (χ4n) is 2.68. The maximum atomic E-state index is 13.4. The van der Waals surface area contributed by atoms with Crippen molar-refractivity contribution >= 4 is 33.3 Å². The van der Waals surface area contributed by atoms with Gasteiger partial charge in [0, 0.05) is 10.9 Å². The highest BCUT2D eigenvalue weighted by Gasteiger charge is 2.19. The van der Waals surface area contributed by atoms with Gasteiger partial charge in [-0.25, -0.2) is 14.2 Å². The first-order chi connectivity index (χ1) is 13.4. The summed E-state index contributed by atoms with van der Waals surface area (Å²) in [5, 5.41) is 1.69. The summed E-state index contributed by atoms with van der Waals surface area (Å²) in [4.78, 5) is 42.2. The molecule has 0 spiro atoms. The van der Waals surface area contributed by atoms with Gasteiger partial charge in [-0.15, -0.1) is 11.3 Å². The molecular weight excluding hydrogens is 383 g/mol. The molecule has 0 amide bonds. The lowest BCUT2D eigenvalue weighted by molar-refractivity contribution is 0.0502. The standard InChI is InChI=1S/C20H19FN2O4S/c1-3-4-7-27-20(26)14-10-28-18-17(14)19(25)23(11-22-18)9-16(24)13-5-6-15(21)12(2)8-13/h5-6,8,10-11H,3-4,7,9H2,1-2H3. The number of benzene rings is 1. The van der Waals surface area contributed by atoms with Crippen molar-refractivity contribution in [2.24, 2.45) is 0 Å². The van der Waals surface area contributed by atoms with Crippen molar-refractivity contribution in [1.29, 1.82) is 0 Å². The number of aryl methyl sites for hydroxylation is 1. The number of aromatic nitrogens is 2. The highest BCUT2D eigenvalue weighted by molar-refractivity contribution is 7.17. The summed E-state index contributed by atoms with van der Waals surface area (Å²) in [6.07, 6.45) is 2.90. The molecule has 8 heteroatoms. The van der Waals surface area contributed by atoms with Gasteiger partial charge in [-0.1, -0.05) is 13.3 Å². The van der Waals surface area contributed by atoms with E-state index in [2.05, 4.69) is 4.98 Å². The van der Waals surface area contributed by atoms with Crippen molar-refractivity contribution in [2.75, 3.05) is 6.61 Å². The van der Waals surface area contributed by atoms with Gasteiger partial charge >= 0.3 is 5.97 Å². The van der Waals surface area contributed by atoms with E-state index in [0.717, 1.165) is 17.4 Å². The number of nitrogens with zero attached hydrogens (tertiary/aromatic N) is 2. The molecule has 0 fully saturated rings. The number of rotatable bonds is 7. The molecular formula is C20H19FN2O4S. The number of thiophene rings is 1. The first kappa shape index (κ1) is 19.9. The van der Waals surface area contributed by atoms with Crippen molar-refractivity contribution < 1.29 is 18.7 Å². The molecule has 3 rings (SSSR count). The molecule has 0 radical (unpaired) electrons. The molecule has 0 saturated carbocycles. The molecule has 2 aromatic heterocycles. The Morgan fingerprint density at radius 1 is 1.32 bits per heavy atom. The van der Waals surface area contributed by atoms with Crippen LogP contribution in [-0.2, 0) is 11.3 Å². The Kier molecular flexibility index (Phi) is 5.99. The second-order valence-electron chi connectivity index (χ2n) is 6.38. The molecule has 3 aromatic rings. The molecule has 0 aliphatic rings. The summed E-state index contributed by atoms with van der Waals surface area (Å²) in [5.74, 6) is -1.33. The molecule has 146 valence electrons. The Bertz CT molecular complexity index is 1100. The van der Waals surface area contributed by atoms with Crippen molar-refractivity contribution in [1.82, 2.24) is 9.55 Å². The Morgan fingerprint density at radius 3 is 2.82 bits per heavy atom. The van der Waals surface area contributed by atoms with Gasteiger partial charge in [0.05, 0.1) is 30.4 Å². The quantitative estimate of drug-likeness (QED) is 0.342. The number of carbonyl (C=O) groups is 2. The van der Waals surface area contributed by atoms with Crippen LogP contribution in [0.3, 0.4) is 0 Å². The van der Waals surface area contributed by atoms with Gasteiger partial charge in [-0.2, -0.15) is 0 Å². The molecule has 2 heterocycles. The van der Waals surface area contributed by atoms with Crippen LogP contribution in [0.5, 0.6) is 0 Å². The van der Waals surface area contributed by atoms with Gasteiger partial charge in [0.25, 0.3) is 5.56 Å². The summed E-state index contributed by atoms with van der Waals surface area (Å²) in [7, 11) is 0. The minimum atomic E-state index is -0.572. The second kappa shape index (κ2) is 8.43. The summed E-state index contributed by atoms with van der Waals surface area (Å²) >= 11 is 1.17. The number of unbranched alkanes of at least 4 members (excludes halogenated alkanes) is 1. The lowest BCUT2D eigenvalue weighted by Crippen LogP contribution is -2.25. The zero-order chi connectivity index (χ0) is 20.3. The predicted molar refractivity (Wildman–Crippen MR) is 105 cm³/mol. The summed E-state index contributed by atoms with van der Waals surface area (Å²) in [6.45, 7) is 3.57. The third kappa shape index (κ3) is 4.01.